The average Bonchev–Trinajstić information content (AvgIpc) is 3.46. The molecule has 0 aliphatic rings. The Morgan fingerprint density at radius 3 is 2.64 bits per heavy atom. The van der Waals surface area contributed by atoms with E-state index in [4.69, 9.17) is 4.42 Å². The summed E-state index contributed by atoms with van der Waals surface area (Å²) in [5.41, 5.74) is 3.47. The van der Waals surface area contributed by atoms with Crippen molar-refractivity contribution in [2.45, 2.75) is 13.5 Å². The molecule has 0 radical (unpaired) electrons. The van der Waals surface area contributed by atoms with Gasteiger partial charge in [-0.3, -0.25) is 14.5 Å². The normalized spacial score (nSPS) is 11.1. The van der Waals surface area contributed by atoms with Crippen LogP contribution in [0.25, 0.3) is 22.5 Å². The number of amides is 1. The van der Waals surface area contributed by atoms with Crippen molar-refractivity contribution in [1.29, 1.82) is 0 Å². The Kier molecular flexibility index (Phi) is 5.18. The van der Waals surface area contributed by atoms with Crippen LogP contribution in [0.4, 0.5) is 10.1 Å². The van der Waals surface area contributed by atoms with Crippen LogP contribution in [0, 0.1) is 12.7 Å². The standard InChI is InChI=1S/C25H20FN5O2/c1-16-23-20(14-21(22-7-5-13-33-22)28-24(23)30(2)29-16)25(32)31(15-18-6-3-4-12-27-18)19-10-8-17(26)9-11-19/h3-14H,15H2,1-2H3. The second-order valence-electron chi connectivity index (χ2n) is 7.63. The van der Waals surface area contributed by atoms with Crippen molar-refractivity contribution in [2.24, 2.45) is 7.05 Å². The largest absolute Gasteiger partial charge is 0.463 e. The number of halogens is 1. The number of rotatable bonds is 5. The number of hydrogen-bond donors (Lipinski definition) is 0. The number of anilines is 1. The zero-order valence-corrected chi connectivity index (χ0v) is 18.1. The molecule has 5 aromatic rings. The number of carbonyl (C=O) groups is 1. The topological polar surface area (TPSA) is 77.0 Å². The molecule has 4 heterocycles. The fraction of sp³-hybridized carbons (Fsp3) is 0.120. The summed E-state index contributed by atoms with van der Waals surface area (Å²) in [7, 11) is 1.79. The van der Waals surface area contributed by atoms with Crippen molar-refractivity contribution in [3.8, 4) is 11.5 Å². The van der Waals surface area contributed by atoms with Gasteiger partial charge < -0.3 is 9.32 Å². The second-order valence-corrected chi connectivity index (χ2v) is 7.63. The van der Waals surface area contributed by atoms with Gasteiger partial charge in [0.05, 0.1) is 35.1 Å². The number of nitrogens with zero attached hydrogens (tertiary/aromatic N) is 5. The Bertz CT molecular complexity index is 1430. The maximum atomic E-state index is 14.0. The highest BCUT2D eigenvalue weighted by atomic mass is 19.1. The molecule has 0 spiro atoms. The SMILES string of the molecule is Cc1nn(C)c2nc(-c3ccco3)cc(C(=O)N(Cc3ccccn3)c3ccc(F)cc3)c12. The minimum absolute atomic E-state index is 0.213. The number of aryl methyl sites for hydroxylation is 2. The third kappa shape index (κ3) is 3.87. The highest BCUT2D eigenvalue weighted by molar-refractivity contribution is 6.14. The lowest BCUT2D eigenvalue weighted by atomic mass is 10.1. The van der Waals surface area contributed by atoms with Crippen LogP contribution in [-0.4, -0.2) is 25.7 Å². The summed E-state index contributed by atoms with van der Waals surface area (Å²) in [5, 5.41) is 5.13. The van der Waals surface area contributed by atoms with Crippen LogP contribution < -0.4 is 4.90 Å². The van der Waals surface area contributed by atoms with Gasteiger partial charge in [0.25, 0.3) is 5.91 Å². The van der Waals surface area contributed by atoms with E-state index < -0.39 is 0 Å². The van der Waals surface area contributed by atoms with Crippen molar-refractivity contribution >= 4 is 22.6 Å². The first kappa shape index (κ1) is 20.6. The molecule has 33 heavy (non-hydrogen) atoms. The predicted molar refractivity (Wildman–Crippen MR) is 122 cm³/mol. The molecule has 0 atom stereocenters. The quantitative estimate of drug-likeness (QED) is 0.387. The van der Waals surface area contributed by atoms with Crippen LogP contribution >= 0.6 is 0 Å². The van der Waals surface area contributed by atoms with Crippen LogP contribution in [0.5, 0.6) is 0 Å². The molecular formula is C25H20FN5O2. The molecular weight excluding hydrogens is 421 g/mol. The highest BCUT2D eigenvalue weighted by Crippen LogP contribution is 2.30. The third-order valence-corrected chi connectivity index (χ3v) is 5.40. The lowest BCUT2D eigenvalue weighted by Gasteiger charge is -2.23. The van der Waals surface area contributed by atoms with E-state index in [2.05, 4.69) is 15.1 Å². The zero-order chi connectivity index (χ0) is 22.9. The van der Waals surface area contributed by atoms with Gasteiger partial charge in [-0.25, -0.2) is 9.37 Å². The average molecular weight is 441 g/mol. The first-order chi connectivity index (χ1) is 16.0. The molecule has 0 N–H and O–H groups in total. The van der Waals surface area contributed by atoms with Gasteiger partial charge in [0.1, 0.15) is 11.5 Å². The molecule has 5 rings (SSSR count). The van der Waals surface area contributed by atoms with Gasteiger partial charge in [-0.05, 0) is 61.5 Å². The van der Waals surface area contributed by atoms with Crippen molar-refractivity contribution in [3.05, 3.63) is 95.9 Å². The maximum Gasteiger partial charge on any atom is 0.259 e. The van der Waals surface area contributed by atoms with Crippen molar-refractivity contribution in [3.63, 3.8) is 0 Å². The van der Waals surface area contributed by atoms with E-state index in [0.717, 1.165) is 0 Å². The summed E-state index contributed by atoms with van der Waals surface area (Å²) in [6.07, 6.45) is 3.23. The van der Waals surface area contributed by atoms with E-state index in [-0.39, 0.29) is 18.3 Å². The van der Waals surface area contributed by atoms with Crippen molar-refractivity contribution < 1.29 is 13.6 Å². The zero-order valence-electron chi connectivity index (χ0n) is 18.1. The first-order valence-electron chi connectivity index (χ1n) is 10.4. The van der Waals surface area contributed by atoms with Gasteiger partial charge in [-0.2, -0.15) is 5.10 Å². The molecule has 0 aliphatic carbocycles. The van der Waals surface area contributed by atoms with E-state index in [1.165, 1.54) is 12.1 Å². The van der Waals surface area contributed by atoms with Gasteiger partial charge in [0, 0.05) is 18.9 Å². The lowest BCUT2D eigenvalue weighted by Crippen LogP contribution is -2.31. The van der Waals surface area contributed by atoms with Crippen LogP contribution in [-0.2, 0) is 13.6 Å². The van der Waals surface area contributed by atoms with Gasteiger partial charge in [-0.1, -0.05) is 6.07 Å². The number of carbonyl (C=O) groups excluding carboxylic acids is 1. The molecule has 0 aliphatic heterocycles. The van der Waals surface area contributed by atoms with E-state index in [9.17, 15) is 9.18 Å². The molecule has 0 bridgehead atoms. The van der Waals surface area contributed by atoms with E-state index in [1.807, 2.05) is 25.1 Å². The van der Waals surface area contributed by atoms with Gasteiger partial charge in [0.2, 0.25) is 0 Å². The van der Waals surface area contributed by atoms with Crippen LogP contribution in [0.3, 0.4) is 0 Å². The molecule has 0 saturated heterocycles. The van der Waals surface area contributed by atoms with E-state index in [0.29, 0.717) is 45.1 Å². The number of benzene rings is 1. The van der Waals surface area contributed by atoms with Crippen LogP contribution in [0.15, 0.2) is 77.5 Å². The van der Waals surface area contributed by atoms with Gasteiger partial charge in [-0.15, -0.1) is 0 Å². The third-order valence-electron chi connectivity index (χ3n) is 5.40. The Hall–Kier alpha value is -4.33. The summed E-state index contributed by atoms with van der Waals surface area (Å²) in [6, 6.07) is 16.6. The van der Waals surface area contributed by atoms with Crippen LogP contribution in [0.2, 0.25) is 0 Å². The van der Waals surface area contributed by atoms with Crippen molar-refractivity contribution in [2.75, 3.05) is 4.90 Å². The molecule has 1 amide bonds. The Morgan fingerprint density at radius 2 is 1.94 bits per heavy atom. The molecule has 0 fully saturated rings. The maximum absolute atomic E-state index is 14.0. The molecule has 4 aromatic heterocycles. The van der Waals surface area contributed by atoms with E-state index in [1.54, 1.807) is 59.4 Å². The van der Waals surface area contributed by atoms with Gasteiger partial charge in [0.15, 0.2) is 11.4 Å². The lowest BCUT2D eigenvalue weighted by molar-refractivity contribution is 0.0986. The monoisotopic (exact) mass is 441 g/mol. The van der Waals surface area contributed by atoms with Crippen LogP contribution in [0.1, 0.15) is 21.7 Å². The fourth-order valence-corrected chi connectivity index (χ4v) is 3.86. The highest BCUT2D eigenvalue weighted by Gasteiger charge is 2.25. The summed E-state index contributed by atoms with van der Waals surface area (Å²) < 4.78 is 20.8. The summed E-state index contributed by atoms with van der Waals surface area (Å²) in [6.45, 7) is 2.05. The molecule has 0 unspecified atom stereocenters. The van der Waals surface area contributed by atoms with Crippen molar-refractivity contribution in [1.82, 2.24) is 19.7 Å². The Labute approximate surface area is 189 Å². The molecule has 7 nitrogen and oxygen atoms in total. The molecule has 1 aromatic carbocycles. The first-order valence-corrected chi connectivity index (χ1v) is 10.4. The molecule has 8 heteroatoms. The minimum atomic E-state index is -0.376. The number of pyridine rings is 2. The Balaban J connectivity index is 1.68. The molecule has 164 valence electrons. The number of hydrogen-bond acceptors (Lipinski definition) is 5. The summed E-state index contributed by atoms with van der Waals surface area (Å²) >= 11 is 0. The van der Waals surface area contributed by atoms with Gasteiger partial charge >= 0.3 is 0 Å². The number of furan rings is 1. The Morgan fingerprint density at radius 1 is 1.12 bits per heavy atom. The summed E-state index contributed by atoms with van der Waals surface area (Å²) in [5.74, 6) is -0.107. The number of aromatic nitrogens is 4. The summed E-state index contributed by atoms with van der Waals surface area (Å²) in [4.78, 5) is 24.7. The smallest absolute Gasteiger partial charge is 0.259 e. The minimum Gasteiger partial charge on any atom is -0.463 e. The predicted octanol–water partition coefficient (Wildman–Crippen LogP) is 4.92. The second kappa shape index (κ2) is 8.31. The van der Waals surface area contributed by atoms with E-state index >= 15 is 0 Å². The fourth-order valence-electron chi connectivity index (χ4n) is 3.86. The molecule has 0 saturated carbocycles. The number of fused-ring (bicyclic) bond motifs is 1.